The van der Waals surface area contributed by atoms with Gasteiger partial charge in [-0.1, -0.05) is 6.08 Å². The van der Waals surface area contributed by atoms with Crippen LogP contribution in [-0.2, 0) is 33.4 Å². The molecule has 1 aromatic rings. The van der Waals surface area contributed by atoms with Crippen molar-refractivity contribution in [2.75, 3.05) is 11.5 Å². The molecule has 0 spiro atoms. The van der Waals surface area contributed by atoms with E-state index in [0.717, 1.165) is 18.7 Å². The molecule has 0 radical (unpaired) electrons. The first-order chi connectivity index (χ1) is 15.6. The molecule has 0 aromatic heterocycles. The summed E-state index contributed by atoms with van der Waals surface area (Å²) in [6, 6.07) is 4.52. The van der Waals surface area contributed by atoms with Crippen molar-refractivity contribution in [3.05, 3.63) is 35.9 Å². The van der Waals surface area contributed by atoms with Gasteiger partial charge in [-0.2, -0.15) is 0 Å². The van der Waals surface area contributed by atoms with Crippen LogP contribution in [0, 0.1) is 11.8 Å². The number of rotatable bonds is 7. The van der Waals surface area contributed by atoms with Crippen molar-refractivity contribution in [2.45, 2.75) is 45.7 Å². The first kappa shape index (κ1) is 22.7. The topological polar surface area (TPSA) is 126 Å². The lowest BCUT2D eigenvalue weighted by Gasteiger charge is -2.34. The third-order valence-electron chi connectivity index (χ3n) is 5.90. The summed E-state index contributed by atoms with van der Waals surface area (Å²) in [4.78, 5) is 63.5. The second kappa shape index (κ2) is 8.11. The van der Waals surface area contributed by atoms with Gasteiger partial charge in [-0.25, -0.2) is 4.90 Å². The minimum atomic E-state index is -1.65. The number of imide groups is 1. The van der Waals surface area contributed by atoms with Crippen molar-refractivity contribution in [3.8, 4) is 5.75 Å². The Labute approximate surface area is 189 Å². The number of fused-ring (bicyclic) bond motifs is 5. The van der Waals surface area contributed by atoms with E-state index in [4.69, 9.17) is 18.9 Å². The average molecular weight is 457 g/mol. The van der Waals surface area contributed by atoms with Gasteiger partial charge in [0.25, 0.3) is 6.29 Å². The predicted octanol–water partition coefficient (Wildman–Crippen LogP) is 1.55. The fourth-order valence-electron chi connectivity index (χ4n) is 4.64. The minimum absolute atomic E-state index is 0.139. The van der Waals surface area contributed by atoms with E-state index in [1.54, 1.807) is 19.1 Å². The van der Waals surface area contributed by atoms with Crippen molar-refractivity contribution in [1.29, 1.82) is 0 Å². The Morgan fingerprint density at radius 3 is 2.33 bits per heavy atom. The fraction of sp³-hybridized carbons (Fsp3) is 0.435. The van der Waals surface area contributed by atoms with Crippen LogP contribution in [-0.4, -0.2) is 54.1 Å². The second-order valence-electron chi connectivity index (χ2n) is 8.03. The van der Waals surface area contributed by atoms with E-state index in [1.165, 1.54) is 25.1 Å². The Kier molecular flexibility index (Phi) is 5.57. The van der Waals surface area contributed by atoms with Crippen molar-refractivity contribution >= 4 is 35.2 Å². The number of carbonyl (C=O) groups excluding carboxylic acids is 5. The van der Waals surface area contributed by atoms with E-state index >= 15 is 0 Å². The Bertz CT molecular complexity index is 1080. The van der Waals surface area contributed by atoms with Gasteiger partial charge in [0.2, 0.25) is 11.8 Å². The Morgan fingerprint density at radius 2 is 1.76 bits per heavy atom. The molecular formula is C23H23NO9. The van der Waals surface area contributed by atoms with Gasteiger partial charge < -0.3 is 18.9 Å². The summed E-state index contributed by atoms with van der Waals surface area (Å²) in [5.74, 6) is -4.71. The van der Waals surface area contributed by atoms with E-state index in [1.807, 2.05) is 0 Å². The molecule has 4 rings (SSSR count). The average Bonchev–Trinajstić information content (AvgIpc) is 3.38. The molecule has 0 saturated carbocycles. The van der Waals surface area contributed by atoms with Crippen LogP contribution in [0.4, 0.5) is 5.69 Å². The third-order valence-corrected chi connectivity index (χ3v) is 5.90. The first-order valence-electron chi connectivity index (χ1n) is 10.5. The van der Waals surface area contributed by atoms with E-state index < -0.39 is 53.6 Å². The maximum absolute atomic E-state index is 13.7. The van der Waals surface area contributed by atoms with Crippen molar-refractivity contribution in [1.82, 2.24) is 0 Å². The molecule has 0 unspecified atom stereocenters. The van der Waals surface area contributed by atoms with Crippen molar-refractivity contribution in [3.63, 3.8) is 0 Å². The fourth-order valence-corrected chi connectivity index (χ4v) is 4.64. The van der Waals surface area contributed by atoms with Gasteiger partial charge in [0.15, 0.2) is 11.4 Å². The Hall–Kier alpha value is -3.53. The number of amides is 2. The normalized spacial score (nSPS) is 27.2. The molecule has 3 heterocycles. The van der Waals surface area contributed by atoms with E-state index in [9.17, 15) is 24.0 Å². The predicted molar refractivity (Wildman–Crippen MR) is 111 cm³/mol. The summed E-state index contributed by atoms with van der Waals surface area (Å²) in [5.41, 5.74) is -1.21. The summed E-state index contributed by atoms with van der Waals surface area (Å²) < 4.78 is 21.9. The number of esters is 2. The first-order valence-corrected chi connectivity index (χ1v) is 10.5. The minimum Gasteiger partial charge on any atom is -0.492 e. The molecule has 10 nitrogen and oxygen atoms in total. The molecule has 3 aliphatic heterocycles. The maximum Gasteiger partial charge on any atom is 0.305 e. The van der Waals surface area contributed by atoms with Crippen LogP contribution in [0.3, 0.4) is 0 Å². The monoisotopic (exact) mass is 457 g/mol. The van der Waals surface area contributed by atoms with Crippen molar-refractivity contribution < 1.29 is 42.9 Å². The highest BCUT2D eigenvalue weighted by molar-refractivity contribution is 6.24. The summed E-state index contributed by atoms with van der Waals surface area (Å²) >= 11 is 0. The van der Waals surface area contributed by atoms with Crippen LogP contribution in [0.2, 0.25) is 0 Å². The molecule has 10 heteroatoms. The number of carbonyl (C=O) groups is 5. The van der Waals surface area contributed by atoms with E-state index in [2.05, 4.69) is 0 Å². The van der Waals surface area contributed by atoms with Gasteiger partial charge in [-0.15, -0.1) is 0 Å². The summed E-state index contributed by atoms with van der Waals surface area (Å²) in [6.07, 6.45) is 0.747. The number of hydrogen-bond donors (Lipinski definition) is 0. The molecule has 0 N–H and O–H groups in total. The van der Waals surface area contributed by atoms with Crippen molar-refractivity contribution in [2.24, 2.45) is 11.8 Å². The number of nitrogens with zero attached hydrogens (tertiary/aromatic N) is 1. The third kappa shape index (κ3) is 3.50. The summed E-state index contributed by atoms with van der Waals surface area (Å²) in [6.45, 7) is 5.66. The quantitative estimate of drug-likeness (QED) is 0.197. The number of Topliss-reactive ketones (excluding diaryl/α,β-unsaturated/α-hetero) is 1. The van der Waals surface area contributed by atoms with Crippen LogP contribution in [0.1, 0.15) is 38.1 Å². The van der Waals surface area contributed by atoms with Gasteiger partial charge in [-0.3, -0.25) is 24.0 Å². The summed E-state index contributed by atoms with van der Waals surface area (Å²) in [5, 5.41) is 0. The lowest BCUT2D eigenvalue weighted by Crippen LogP contribution is -2.52. The zero-order valence-electron chi connectivity index (χ0n) is 18.5. The standard InChI is InChI=1S/C23H23NO9/c1-5-30-16-7-6-14(11(2)25)10-15(16)24-20(28)18-17-8-9-23(33-17,19(18)21(24)29)22(31-12(3)26)32-13(4)27/h6-10,17-19,22H,5H2,1-4H3/t17-,18-,19+,23-/m1/s1. The molecule has 3 aliphatic rings. The Balaban J connectivity index is 1.79. The smallest absolute Gasteiger partial charge is 0.305 e. The molecular weight excluding hydrogens is 434 g/mol. The highest BCUT2D eigenvalue weighted by Gasteiger charge is 2.72. The van der Waals surface area contributed by atoms with Crippen LogP contribution in [0.5, 0.6) is 5.75 Å². The number of ketones is 1. The number of benzene rings is 1. The number of anilines is 1. The number of hydrogen-bond acceptors (Lipinski definition) is 9. The number of ether oxygens (including phenoxy) is 4. The van der Waals surface area contributed by atoms with Gasteiger partial charge in [0.1, 0.15) is 5.75 Å². The molecule has 33 heavy (non-hydrogen) atoms. The largest absolute Gasteiger partial charge is 0.492 e. The van der Waals surface area contributed by atoms with Gasteiger partial charge in [0.05, 0.1) is 30.2 Å². The molecule has 174 valence electrons. The Morgan fingerprint density at radius 1 is 1.09 bits per heavy atom. The highest BCUT2D eigenvalue weighted by atomic mass is 16.7. The van der Waals surface area contributed by atoms with E-state index in [-0.39, 0.29) is 23.8 Å². The zero-order valence-corrected chi connectivity index (χ0v) is 18.5. The zero-order chi connectivity index (χ0) is 24.1. The van der Waals surface area contributed by atoms with Gasteiger partial charge >= 0.3 is 11.9 Å². The molecule has 2 bridgehead atoms. The van der Waals surface area contributed by atoms with Gasteiger partial charge in [-0.05, 0) is 38.1 Å². The van der Waals surface area contributed by atoms with E-state index in [0.29, 0.717) is 5.56 Å². The lowest BCUT2D eigenvalue weighted by molar-refractivity contribution is -0.226. The van der Waals surface area contributed by atoms with Crippen LogP contribution in [0.15, 0.2) is 30.4 Å². The van der Waals surface area contributed by atoms with Crippen LogP contribution in [0.25, 0.3) is 0 Å². The van der Waals surface area contributed by atoms with Gasteiger partial charge in [0, 0.05) is 19.4 Å². The molecule has 1 aromatic carbocycles. The highest BCUT2D eigenvalue weighted by Crippen LogP contribution is 2.55. The molecule has 2 fully saturated rings. The lowest BCUT2D eigenvalue weighted by atomic mass is 9.76. The molecule has 2 saturated heterocycles. The molecule has 4 atom stereocenters. The SMILES string of the molecule is CCOc1ccc(C(C)=O)cc1N1C(=O)[C@H]2[C@@H](C1=O)[C@@]1(C(OC(C)=O)OC(C)=O)C=C[C@H]2O1. The molecule has 2 amide bonds. The second-order valence-corrected chi connectivity index (χ2v) is 8.03. The van der Waals surface area contributed by atoms with Crippen LogP contribution >= 0.6 is 0 Å². The maximum atomic E-state index is 13.7. The summed E-state index contributed by atoms with van der Waals surface area (Å²) in [7, 11) is 0. The van der Waals surface area contributed by atoms with Crippen LogP contribution < -0.4 is 9.64 Å². The molecule has 0 aliphatic carbocycles.